The predicted octanol–water partition coefficient (Wildman–Crippen LogP) is 3.07. The molecule has 0 heterocycles. The molecular formula is C21H34IN3O2S. The van der Waals surface area contributed by atoms with Gasteiger partial charge in [0.1, 0.15) is 5.60 Å². The lowest BCUT2D eigenvalue weighted by atomic mass is 9.95. The van der Waals surface area contributed by atoms with Crippen LogP contribution in [0.4, 0.5) is 0 Å². The molecule has 4 atom stereocenters. The summed E-state index contributed by atoms with van der Waals surface area (Å²) in [6, 6.07) is 8.42. The number of halogens is 1. The molecule has 4 unspecified atom stereocenters. The molecule has 0 aromatic heterocycles. The fraction of sp³-hybridized carbons (Fsp3) is 0.667. The Morgan fingerprint density at radius 3 is 2.86 bits per heavy atom. The third-order valence-corrected chi connectivity index (χ3v) is 7.53. The molecule has 0 radical (unpaired) electrons. The van der Waals surface area contributed by atoms with E-state index in [4.69, 9.17) is 4.99 Å². The maximum atomic E-state index is 12.2. The fourth-order valence-corrected chi connectivity index (χ4v) is 5.65. The number of nitrogens with one attached hydrogen (secondary N) is 2. The second-order valence-corrected chi connectivity index (χ2v) is 9.69. The third-order valence-electron chi connectivity index (χ3n) is 5.79. The summed E-state index contributed by atoms with van der Waals surface area (Å²) in [7, 11) is -0.730. The molecule has 3 N–H and O–H groups in total. The average Bonchev–Trinajstić information content (AvgIpc) is 3.03. The van der Waals surface area contributed by atoms with Crippen molar-refractivity contribution in [2.45, 2.75) is 69.3 Å². The number of aryl methyl sites for hydroxylation is 1. The molecule has 0 bridgehead atoms. The minimum atomic E-state index is -0.877. The number of guanidine groups is 1. The molecule has 0 aliphatic heterocycles. The molecule has 2 aliphatic rings. The van der Waals surface area contributed by atoms with E-state index in [1.54, 1.807) is 0 Å². The second kappa shape index (κ2) is 10.9. The first-order chi connectivity index (χ1) is 13.1. The van der Waals surface area contributed by atoms with E-state index in [0.717, 1.165) is 62.3 Å². The highest BCUT2D eigenvalue weighted by molar-refractivity contribution is 14.0. The predicted molar refractivity (Wildman–Crippen MR) is 128 cm³/mol. The average molecular weight is 519 g/mol. The zero-order valence-electron chi connectivity index (χ0n) is 16.9. The smallest absolute Gasteiger partial charge is 0.191 e. The molecular weight excluding hydrogens is 485 g/mol. The first-order valence-electron chi connectivity index (χ1n) is 10.3. The quantitative estimate of drug-likeness (QED) is 0.307. The van der Waals surface area contributed by atoms with Crippen LogP contribution in [-0.4, -0.2) is 45.4 Å². The summed E-state index contributed by atoms with van der Waals surface area (Å²) in [4.78, 5) is 4.72. The molecule has 3 rings (SSSR count). The van der Waals surface area contributed by atoms with Crippen molar-refractivity contribution in [3.05, 3.63) is 35.4 Å². The number of fused-ring (bicyclic) bond motifs is 1. The number of aliphatic imine (C=N–C) groups is 1. The SMILES string of the molecule is CCNC(=NCC1(O)CCc2ccccc21)NC1CCCC(S(=O)CC)C1.I. The molecule has 5 nitrogen and oxygen atoms in total. The Hall–Kier alpha value is -0.670. The van der Waals surface area contributed by atoms with Crippen LogP contribution in [0.5, 0.6) is 0 Å². The summed E-state index contributed by atoms with van der Waals surface area (Å²) in [6.45, 7) is 5.18. The normalized spacial score (nSPS) is 28.2. The summed E-state index contributed by atoms with van der Waals surface area (Å²) < 4.78 is 12.2. The number of hydrogen-bond donors (Lipinski definition) is 3. The first kappa shape index (κ1) is 23.6. The molecule has 1 saturated carbocycles. The Labute approximate surface area is 188 Å². The monoisotopic (exact) mass is 519 g/mol. The van der Waals surface area contributed by atoms with Crippen molar-refractivity contribution in [2.75, 3.05) is 18.8 Å². The van der Waals surface area contributed by atoms with Crippen molar-refractivity contribution in [3.8, 4) is 0 Å². The zero-order chi connectivity index (χ0) is 19.3. The van der Waals surface area contributed by atoms with Crippen molar-refractivity contribution >= 4 is 40.7 Å². The molecule has 0 amide bonds. The van der Waals surface area contributed by atoms with Crippen LogP contribution in [0, 0.1) is 0 Å². The highest BCUT2D eigenvalue weighted by Crippen LogP contribution is 2.36. The minimum absolute atomic E-state index is 0. The van der Waals surface area contributed by atoms with Crippen molar-refractivity contribution in [3.63, 3.8) is 0 Å². The number of benzene rings is 1. The van der Waals surface area contributed by atoms with Crippen LogP contribution in [0.3, 0.4) is 0 Å². The Kier molecular flexibility index (Phi) is 9.21. The maximum Gasteiger partial charge on any atom is 0.191 e. The highest BCUT2D eigenvalue weighted by Gasteiger charge is 2.36. The van der Waals surface area contributed by atoms with E-state index in [1.165, 1.54) is 5.56 Å². The van der Waals surface area contributed by atoms with Crippen molar-refractivity contribution < 1.29 is 9.32 Å². The van der Waals surface area contributed by atoms with Crippen molar-refractivity contribution in [1.82, 2.24) is 10.6 Å². The number of nitrogens with zero attached hydrogens (tertiary/aromatic N) is 1. The van der Waals surface area contributed by atoms with Gasteiger partial charge in [0.25, 0.3) is 0 Å². The Morgan fingerprint density at radius 2 is 2.11 bits per heavy atom. The van der Waals surface area contributed by atoms with Gasteiger partial charge in [0.2, 0.25) is 0 Å². The Balaban J connectivity index is 0.00000280. The molecule has 28 heavy (non-hydrogen) atoms. The number of rotatable bonds is 6. The molecule has 0 spiro atoms. The lowest BCUT2D eigenvalue weighted by molar-refractivity contribution is 0.0485. The van der Waals surface area contributed by atoms with Gasteiger partial charge in [0.05, 0.1) is 6.54 Å². The summed E-state index contributed by atoms with van der Waals surface area (Å²) >= 11 is 0. The van der Waals surface area contributed by atoms with Crippen LogP contribution in [0.15, 0.2) is 29.3 Å². The fourth-order valence-electron chi connectivity index (χ4n) is 4.31. The van der Waals surface area contributed by atoms with Crippen LogP contribution in [0.1, 0.15) is 57.1 Å². The summed E-state index contributed by atoms with van der Waals surface area (Å²) in [5, 5.41) is 18.2. The lowest BCUT2D eigenvalue weighted by Gasteiger charge is -2.30. The van der Waals surface area contributed by atoms with Gasteiger partial charge < -0.3 is 15.7 Å². The molecule has 0 saturated heterocycles. The molecule has 1 aromatic carbocycles. The van der Waals surface area contributed by atoms with E-state index < -0.39 is 16.4 Å². The third kappa shape index (κ3) is 5.69. The van der Waals surface area contributed by atoms with Gasteiger partial charge in [0.15, 0.2) is 5.96 Å². The standard InChI is InChI=1S/C21H33N3O2S.HI/c1-3-22-20(24-17-9-7-10-18(14-17)27(26)4-2)23-15-21(25)13-12-16-8-5-6-11-19(16)21;/h5-6,8,11,17-18,25H,3-4,7,9-10,12-15H2,1-2H3,(H2,22,23,24);1H. The van der Waals surface area contributed by atoms with Gasteiger partial charge in [-0.25, -0.2) is 4.99 Å². The first-order valence-corrected chi connectivity index (χ1v) is 11.7. The highest BCUT2D eigenvalue weighted by atomic mass is 127. The Bertz CT molecular complexity index is 700. The molecule has 7 heteroatoms. The van der Waals surface area contributed by atoms with E-state index >= 15 is 0 Å². The van der Waals surface area contributed by atoms with Gasteiger partial charge in [-0.1, -0.05) is 37.6 Å². The summed E-state index contributed by atoms with van der Waals surface area (Å²) in [5.41, 5.74) is 1.36. The van der Waals surface area contributed by atoms with Gasteiger partial charge in [-0.05, 0) is 50.2 Å². The Morgan fingerprint density at radius 1 is 1.32 bits per heavy atom. The summed E-state index contributed by atoms with van der Waals surface area (Å²) in [6.07, 6.45) is 5.79. The van der Waals surface area contributed by atoms with E-state index in [0.29, 0.717) is 12.6 Å². The van der Waals surface area contributed by atoms with Crippen molar-refractivity contribution in [2.24, 2.45) is 4.99 Å². The topological polar surface area (TPSA) is 73.7 Å². The second-order valence-electron chi connectivity index (χ2n) is 7.68. The molecule has 1 fully saturated rings. The van der Waals surface area contributed by atoms with Crippen molar-refractivity contribution in [1.29, 1.82) is 0 Å². The lowest BCUT2D eigenvalue weighted by Crippen LogP contribution is -2.47. The zero-order valence-corrected chi connectivity index (χ0v) is 20.1. The van der Waals surface area contributed by atoms with Crippen LogP contribution in [0.2, 0.25) is 0 Å². The summed E-state index contributed by atoms with van der Waals surface area (Å²) in [5.74, 6) is 1.49. The van der Waals surface area contributed by atoms with Gasteiger partial charge in [-0.15, -0.1) is 24.0 Å². The van der Waals surface area contributed by atoms with E-state index in [9.17, 15) is 9.32 Å². The molecule has 158 valence electrons. The molecule has 1 aromatic rings. The van der Waals surface area contributed by atoms with Crippen LogP contribution >= 0.6 is 24.0 Å². The van der Waals surface area contributed by atoms with Crippen LogP contribution in [0.25, 0.3) is 0 Å². The maximum absolute atomic E-state index is 12.2. The minimum Gasteiger partial charge on any atom is -0.383 e. The van der Waals surface area contributed by atoms with Gasteiger partial charge >= 0.3 is 0 Å². The van der Waals surface area contributed by atoms with Gasteiger partial charge in [-0.2, -0.15) is 0 Å². The number of aliphatic hydroxyl groups is 1. The van der Waals surface area contributed by atoms with Gasteiger partial charge in [0, 0.05) is 34.4 Å². The van der Waals surface area contributed by atoms with E-state index in [2.05, 4.69) is 16.7 Å². The van der Waals surface area contributed by atoms with E-state index in [-0.39, 0.29) is 29.2 Å². The number of hydrogen-bond acceptors (Lipinski definition) is 3. The largest absolute Gasteiger partial charge is 0.383 e. The van der Waals surface area contributed by atoms with Gasteiger partial charge in [-0.3, -0.25) is 4.21 Å². The molecule has 2 aliphatic carbocycles. The van der Waals surface area contributed by atoms with E-state index in [1.807, 2.05) is 32.0 Å². The van der Waals surface area contributed by atoms with Crippen LogP contribution in [-0.2, 0) is 22.8 Å². The van der Waals surface area contributed by atoms with Crippen LogP contribution < -0.4 is 10.6 Å².